The number of allylic oxidation sites excluding steroid dienone is 3. The predicted octanol–water partition coefficient (Wildman–Crippen LogP) is 5.22. The lowest BCUT2D eigenvalue weighted by Crippen LogP contribution is -2.48. The molecule has 0 fully saturated rings. The zero-order valence-corrected chi connectivity index (χ0v) is 24.1. The van der Waals surface area contributed by atoms with Gasteiger partial charge in [0.15, 0.2) is 5.82 Å². The molecule has 0 spiro atoms. The van der Waals surface area contributed by atoms with Crippen molar-refractivity contribution in [1.82, 2.24) is 20.2 Å². The number of anilines is 2. The fourth-order valence-corrected chi connectivity index (χ4v) is 5.41. The summed E-state index contributed by atoms with van der Waals surface area (Å²) in [5, 5.41) is 3.56. The Morgan fingerprint density at radius 1 is 1.34 bits per heavy atom. The number of nitrogens with zero attached hydrogens (tertiary/aromatic N) is 5. The Morgan fingerprint density at radius 2 is 2.13 bits per heavy atom. The van der Waals surface area contributed by atoms with Crippen LogP contribution in [0.2, 0.25) is 0 Å². The molecule has 0 radical (unpaired) electrons. The van der Waals surface area contributed by atoms with E-state index in [9.17, 15) is 4.79 Å². The molecule has 1 aliphatic heterocycles. The lowest BCUT2D eigenvalue weighted by Gasteiger charge is -2.38. The number of carbonyl (C=O) groups is 1. The molecule has 3 heterocycles. The lowest BCUT2D eigenvalue weighted by molar-refractivity contribution is -0.117. The summed E-state index contributed by atoms with van der Waals surface area (Å²) in [4.78, 5) is 29.2. The van der Waals surface area contributed by atoms with Gasteiger partial charge in [-0.15, -0.1) is 17.9 Å². The molecule has 4 rings (SSSR count). The average Bonchev–Trinajstić information content (AvgIpc) is 3.41. The number of fused-ring (bicyclic) bond motifs is 1. The van der Waals surface area contributed by atoms with Crippen LogP contribution in [0.15, 0.2) is 67.0 Å². The van der Waals surface area contributed by atoms with Crippen molar-refractivity contribution >= 4 is 34.4 Å². The first-order valence-electron chi connectivity index (χ1n) is 13.1. The van der Waals surface area contributed by atoms with Crippen molar-refractivity contribution in [2.75, 3.05) is 49.6 Å². The third-order valence-electron chi connectivity index (χ3n) is 6.93. The molecule has 8 heteroatoms. The largest absolute Gasteiger partial charge is 0.384 e. The summed E-state index contributed by atoms with van der Waals surface area (Å²) < 4.78 is 0. The molecule has 2 aromatic heterocycles. The van der Waals surface area contributed by atoms with Crippen molar-refractivity contribution in [3.8, 4) is 0 Å². The number of likely N-dealkylation sites (N-methyl/N-ethyl adjacent to an activating group) is 1. The molecule has 1 atom stereocenters. The fraction of sp³-hybridized carbons (Fsp3) is 0.433. The highest BCUT2D eigenvalue weighted by molar-refractivity contribution is 7.10. The molecule has 7 nitrogen and oxygen atoms in total. The van der Waals surface area contributed by atoms with E-state index in [-0.39, 0.29) is 16.7 Å². The SMILES string of the molecule is C=CCN(CCNC1=CCC(C)(c2ccc3c(n2)N(C)CC(=O)N3CC(C)(C)C)C=C1)C(=C)c1cncs1. The van der Waals surface area contributed by atoms with Crippen molar-refractivity contribution in [3.63, 3.8) is 0 Å². The summed E-state index contributed by atoms with van der Waals surface area (Å²) in [7, 11) is 1.95. The van der Waals surface area contributed by atoms with E-state index in [1.165, 1.54) is 0 Å². The van der Waals surface area contributed by atoms with Crippen molar-refractivity contribution in [2.24, 2.45) is 5.41 Å². The van der Waals surface area contributed by atoms with E-state index < -0.39 is 0 Å². The number of hydrogen-bond donors (Lipinski definition) is 1. The Labute approximate surface area is 231 Å². The topological polar surface area (TPSA) is 64.6 Å². The molecule has 2 aromatic rings. The van der Waals surface area contributed by atoms with E-state index >= 15 is 0 Å². The van der Waals surface area contributed by atoms with Crippen LogP contribution in [0.25, 0.3) is 5.70 Å². The number of pyridine rings is 1. The first kappa shape index (κ1) is 27.6. The van der Waals surface area contributed by atoms with Gasteiger partial charge in [0.2, 0.25) is 5.91 Å². The monoisotopic (exact) mass is 532 g/mol. The van der Waals surface area contributed by atoms with Gasteiger partial charge in [-0.3, -0.25) is 9.78 Å². The highest BCUT2D eigenvalue weighted by Gasteiger charge is 2.34. The van der Waals surface area contributed by atoms with E-state index in [4.69, 9.17) is 4.98 Å². The van der Waals surface area contributed by atoms with Gasteiger partial charge in [0.1, 0.15) is 0 Å². The van der Waals surface area contributed by atoms with Crippen LogP contribution in [0, 0.1) is 5.41 Å². The zero-order chi connectivity index (χ0) is 27.5. The summed E-state index contributed by atoms with van der Waals surface area (Å²) >= 11 is 1.60. The van der Waals surface area contributed by atoms with Crippen LogP contribution in [-0.4, -0.2) is 60.5 Å². The molecule has 1 amide bonds. The van der Waals surface area contributed by atoms with Crippen molar-refractivity contribution < 1.29 is 4.79 Å². The van der Waals surface area contributed by atoms with E-state index in [1.54, 1.807) is 11.3 Å². The number of nitrogens with one attached hydrogen (secondary N) is 1. The minimum absolute atomic E-state index is 0.00487. The van der Waals surface area contributed by atoms with Gasteiger partial charge in [-0.2, -0.15) is 0 Å². The van der Waals surface area contributed by atoms with Crippen LogP contribution >= 0.6 is 11.3 Å². The highest BCUT2D eigenvalue weighted by Crippen LogP contribution is 2.38. The minimum atomic E-state index is -0.216. The summed E-state index contributed by atoms with van der Waals surface area (Å²) in [5.74, 6) is 0.992. The van der Waals surface area contributed by atoms with Crippen LogP contribution in [0.5, 0.6) is 0 Å². The standard InChI is InChI=1S/C30H40N6OS/c1-8-16-35(22(2)25-18-31-21-38-25)17-15-32-23-11-13-30(6,14-12-23)26-10-9-24-28(33-26)34(7)19-27(37)36(24)20-29(3,4)5/h8-13,18,21,32H,1-2,14-17,19-20H2,3-7H3. The Kier molecular flexibility index (Phi) is 8.11. The Balaban J connectivity index is 1.41. The lowest BCUT2D eigenvalue weighted by atomic mass is 9.79. The number of hydrogen-bond acceptors (Lipinski definition) is 7. The number of aromatic nitrogens is 2. The number of amides is 1. The van der Waals surface area contributed by atoms with Crippen LogP contribution < -0.4 is 15.1 Å². The van der Waals surface area contributed by atoms with Gasteiger partial charge in [-0.25, -0.2) is 4.98 Å². The summed E-state index contributed by atoms with van der Waals surface area (Å²) in [5.41, 5.74) is 5.61. The van der Waals surface area contributed by atoms with E-state index in [0.717, 1.165) is 59.5 Å². The fourth-order valence-electron chi connectivity index (χ4n) is 4.79. The van der Waals surface area contributed by atoms with Crippen LogP contribution in [0.4, 0.5) is 11.5 Å². The molecule has 1 N–H and O–H groups in total. The summed E-state index contributed by atoms with van der Waals surface area (Å²) in [6.07, 6.45) is 11.2. The summed E-state index contributed by atoms with van der Waals surface area (Å²) in [6, 6.07) is 4.15. The minimum Gasteiger partial charge on any atom is -0.384 e. The molecule has 202 valence electrons. The van der Waals surface area contributed by atoms with E-state index in [2.05, 4.69) is 86.4 Å². The molecule has 0 aromatic carbocycles. The Hall–Kier alpha value is -3.39. The third-order valence-corrected chi connectivity index (χ3v) is 7.76. The predicted molar refractivity (Wildman–Crippen MR) is 159 cm³/mol. The van der Waals surface area contributed by atoms with Gasteiger partial charge >= 0.3 is 0 Å². The molecular formula is C30H40N6OS. The molecule has 0 saturated heterocycles. The quantitative estimate of drug-likeness (QED) is 0.424. The maximum absolute atomic E-state index is 12.8. The maximum Gasteiger partial charge on any atom is 0.246 e. The zero-order valence-electron chi connectivity index (χ0n) is 23.3. The second kappa shape index (κ2) is 11.2. The van der Waals surface area contributed by atoms with Crippen molar-refractivity contribution in [2.45, 2.75) is 39.5 Å². The highest BCUT2D eigenvalue weighted by atomic mass is 32.1. The number of carbonyl (C=O) groups excluding carboxylic acids is 1. The number of thiazole rings is 1. The Morgan fingerprint density at radius 3 is 2.76 bits per heavy atom. The van der Waals surface area contributed by atoms with Crippen LogP contribution in [-0.2, 0) is 10.2 Å². The van der Waals surface area contributed by atoms with Crippen molar-refractivity contribution in [1.29, 1.82) is 0 Å². The first-order chi connectivity index (χ1) is 18.0. The molecular weight excluding hydrogens is 492 g/mol. The first-order valence-corrected chi connectivity index (χ1v) is 14.0. The van der Waals surface area contributed by atoms with Crippen LogP contribution in [0.3, 0.4) is 0 Å². The van der Waals surface area contributed by atoms with E-state index in [0.29, 0.717) is 13.1 Å². The second-order valence-electron chi connectivity index (χ2n) is 11.5. The average molecular weight is 533 g/mol. The third kappa shape index (κ3) is 6.18. The molecule has 0 saturated carbocycles. The molecule has 0 bridgehead atoms. The molecule has 38 heavy (non-hydrogen) atoms. The second-order valence-corrected chi connectivity index (χ2v) is 12.4. The number of rotatable bonds is 10. The summed E-state index contributed by atoms with van der Waals surface area (Å²) in [6.45, 7) is 20.2. The van der Waals surface area contributed by atoms with Gasteiger partial charge in [-0.1, -0.05) is 52.5 Å². The van der Waals surface area contributed by atoms with Gasteiger partial charge in [0.25, 0.3) is 0 Å². The van der Waals surface area contributed by atoms with Gasteiger partial charge in [-0.05, 0) is 30.0 Å². The molecule has 1 unspecified atom stereocenters. The Bertz CT molecular complexity index is 1240. The smallest absolute Gasteiger partial charge is 0.246 e. The van der Waals surface area contributed by atoms with Gasteiger partial charge in [0.05, 0.1) is 28.3 Å². The van der Waals surface area contributed by atoms with E-state index in [1.807, 2.05) is 34.6 Å². The van der Waals surface area contributed by atoms with Gasteiger partial charge < -0.3 is 20.0 Å². The molecule has 1 aliphatic carbocycles. The maximum atomic E-state index is 12.8. The van der Waals surface area contributed by atoms with Crippen LogP contribution in [0.1, 0.15) is 44.7 Å². The van der Waals surface area contributed by atoms with Gasteiger partial charge in [0, 0.05) is 56.2 Å². The van der Waals surface area contributed by atoms with Crippen molar-refractivity contribution in [3.05, 3.63) is 77.6 Å². The molecule has 2 aliphatic rings. The normalized spacial score (nSPS) is 19.2.